The minimum Gasteiger partial charge on any atom is -0.330 e. The van der Waals surface area contributed by atoms with Gasteiger partial charge in [-0.1, -0.05) is 13.3 Å². The van der Waals surface area contributed by atoms with Gasteiger partial charge in [0, 0.05) is 6.54 Å². The van der Waals surface area contributed by atoms with Gasteiger partial charge in [-0.05, 0) is 44.8 Å². The molecule has 0 saturated carbocycles. The van der Waals surface area contributed by atoms with E-state index in [9.17, 15) is 0 Å². The molecule has 0 aromatic carbocycles. The van der Waals surface area contributed by atoms with E-state index in [0.29, 0.717) is 0 Å². The molecule has 2 unspecified atom stereocenters. The standard InChI is InChI=1S/C10H22N2/c1-3-4-9(7-11)10-5-6-12(2)8-10/h9-10H,3-8,11H2,1-2H3. The molecule has 1 rings (SSSR count). The number of likely N-dealkylation sites (tertiary alicyclic amines) is 1. The monoisotopic (exact) mass is 170 g/mol. The van der Waals surface area contributed by atoms with Gasteiger partial charge in [-0.15, -0.1) is 0 Å². The highest BCUT2D eigenvalue weighted by Crippen LogP contribution is 2.25. The first-order valence-electron chi connectivity index (χ1n) is 5.16. The third kappa shape index (κ3) is 2.46. The van der Waals surface area contributed by atoms with Gasteiger partial charge in [0.25, 0.3) is 0 Å². The molecule has 0 aromatic heterocycles. The predicted molar refractivity (Wildman–Crippen MR) is 53.1 cm³/mol. The van der Waals surface area contributed by atoms with Crippen molar-refractivity contribution >= 4 is 0 Å². The minimum absolute atomic E-state index is 0.778. The molecule has 2 atom stereocenters. The normalized spacial score (nSPS) is 27.8. The van der Waals surface area contributed by atoms with Crippen molar-refractivity contribution in [3.63, 3.8) is 0 Å². The molecule has 2 heteroatoms. The summed E-state index contributed by atoms with van der Waals surface area (Å²) in [6, 6.07) is 0. The third-order valence-electron chi connectivity index (χ3n) is 3.06. The van der Waals surface area contributed by atoms with Gasteiger partial charge in [-0.25, -0.2) is 0 Å². The summed E-state index contributed by atoms with van der Waals surface area (Å²) in [5, 5.41) is 0. The largest absolute Gasteiger partial charge is 0.330 e. The summed E-state index contributed by atoms with van der Waals surface area (Å²) in [5.74, 6) is 1.65. The van der Waals surface area contributed by atoms with Crippen LogP contribution >= 0.6 is 0 Å². The molecular formula is C10H22N2. The van der Waals surface area contributed by atoms with Crippen LogP contribution in [0.2, 0.25) is 0 Å². The van der Waals surface area contributed by atoms with Crippen molar-refractivity contribution in [2.24, 2.45) is 17.6 Å². The van der Waals surface area contributed by atoms with Gasteiger partial charge in [-0.2, -0.15) is 0 Å². The smallest absolute Gasteiger partial charge is 0.00102 e. The lowest BCUT2D eigenvalue weighted by Gasteiger charge is -2.20. The van der Waals surface area contributed by atoms with E-state index in [4.69, 9.17) is 5.73 Å². The van der Waals surface area contributed by atoms with Crippen LogP contribution in [-0.4, -0.2) is 31.6 Å². The molecule has 1 aliphatic heterocycles. The quantitative estimate of drug-likeness (QED) is 0.689. The van der Waals surface area contributed by atoms with Crippen LogP contribution in [-0.2, 0) is 0 Å². The van der Waals surface area contributed by atoms with Crippen molar-refractivity contribution in [1.82, 2.24) is 4.90 Å². The van der Waals surface area contributed by atoms with E-state index in [-0.39, 0.29) is 0 Å². The topological polar surface area (TPSA) is 29.3 Å². The second-order valence-electron chi connectivity index (χ2n) is 4.10. The number of nitrogens with zero attached hydrogens (tertiary/aromatic N) is 1. The van der Waals surface area contributed by atoms with Crippen molar-refractivity contribution in [2.75, 3.05) is 26.7 Å². The second-order valence-corrected chi connectivity index (χ2v) is 4.10. The maximum absolute atomic E-state index is 5.77. The molecule has 2 N–H and O–H groups in total. The van der Waals surface area contributed by atoms with Crippen LogP contribution in [0, 0.1) is 11.8 Å². The first-order valence-corrected chi connectivity index (χ1v) is 5.16. The summed E-state index contributed by atoms with van der Waals surface area (Å²) in [5.41, 5.74) is 5.77. The molecule has 0 aliphatic carbocycles. The molecule has 0 spiro atoms. The average molecular weight is 170 g/mol. The van der Waals surface area contributed by atoms with E-state index >= 15 is 0 Å². The Hall–Kier alpha value is -0.0800. The van der Waals surface area contributed by atoms with E-state index in [1.54, 1.807) is 0 Å². The zero-order valence-electron chi connectivity index (χ0n) is 8.42. The Kier molecular flexibility index (Phi) is 4.02. The van der Waals surface area contributed by atoms with Gasteiger partial charge in [0.1, 0.15) is 0 Å². The summed E-state index contributed by atoms with van der Waals surface area (Å²) in [6.07, 6.45) is 3.95. The van der Waals surface area contributed by atoms with Crippen molar-refractivity contribution < 1.29 is 0 Å². The lowest BCUT2D eigenvalue weighted by atomic mass is 9.88. The van der Waals surface area contributed by atoms with Crippen molar-refractivity contribution in [1.29, 1.82) is 0 Å². The van der Waals surface area contributed by atoms with Gasteiger partial charge >= 0.3 is 0 Å². The van der Waals surface area contributed by atoms with Crippen LogP contribution in [0.15, 0.2) is 0 Å². The Morgan fingerprint density at radius 3 is 2.75 bits per heavy atom. The first-order chi connectivity index (χ1) is 5.77. The molecule has 2 nitrogen and oxygen atoms in total. The Bertz CT molecular complexity index is 123. The molecule has 0 bridgehead atoms. The van der Waals surface area contributed by atoms with Crippen LogP contribution in [0.1, 0.15) is 26.2 Å². The lowest BCUT2D eigenvalue weighted by Crippen LogP contribution is -2.25. The lowest BCUT2D eigenvalue weighted by molar-refractivity contribution is 0.307. The van der Waals surface area contributed by atoms with Crippen LogP contribution in [0.4, 0.5) is 0 Å². The maximum Gasteiger partial charge on any atom is 0.00102 e. The first kappa shape index (κ1) is 10.0. The molecule has 1 fully saturated rings. The predicted octanol–water partition coefficient (Wildman–Crippen LogP) is 1.31. The molecule has 1 saturated heterocycles. The maximum atomic E-state index is 5.77. The Labute approximate surface area is 76.1 Å². The SMILES string of the molecule is CCCC(CN)C1CCN(C)C1. The van der Waals surface area contributed by atoms with Crippen molar-refractivity contribution in [2.45, 2.75) is 26.2 Å². The fourth-order valence-electron chi connectivity index (χ4n) is 2.27. The van der Waals surface area contributed by atoms with E-state index < -0.39 is 0 Å². The molecule has 0 amide bonds. The molecule has 72 valence electrons. The van der Waals surface area contributed by atoms with E-state index in [1.165, 1.54) is 32.4 Å². The van der Waals surface area contributed by atoms with Gasteiger partial charge in [0.05, 0.1) is 0 Å². The number of hydrogen-bond acceptors (Lipinski definition) is 2. The average Bonchev–Trinajstić information content (AvgIpc) is 2.47. The minimum atomic E-state index is 0.778. The van der Waals surface area contributed by atoms with Crippen molar-refractivity contribution in [3.05, 3.63) is 0 Å². The summed E-state index contributed by atoms with van der Waals surface area (Å²) in [7, 11) is 2.21. The molecular weight excluding hydrogens is 148 g/mol. The van der Waals surface area contributed by atoms with Gasteiger partial charge in [0.15, 0.2) is 0 Å². The summed E-state index contributed by atoms with van der Waals surface area (Å²) >= 11 is 0. The molecule has 1 heterocycles. The summed E-state index contributed by atoms with van der Waals surface area (Å²) < 4.78 is 0. The number of hydrogen-bond donors (Lipinski definition) is 1. The van der Waals surface area contributed by atoms with Crippen LogP contribution in [0.5, 0.6) is 0 Å². The van der Waals surface area contributed by atoms with E-state index in [2.05, 4.69) is 18.9 Å². The fraction of sp³-hybridized carbons (Fsp3) is 1.00. The van der Waals surface area contributed by atoms with Crippen molar-refractivity contribution in [3.8, 4) is 0 Å². The third-order valence-corrected chi connectivity index (χ3v) is 3.06. The van der Waals surface area contributed by atoms with Crippen LogP contribution < -0.4 is 5.73 Å². The Morgan fingerprint density at radius 2 is 2.33 bits per heavy atom. The summed E-state index contributed by atoms with van der Waals surface area (Å²) in [6.45, 7) is 5.67. The molecule has 12 heavy (non-hydrogen) atoms. The van der Waals surface area contributed by atoms with E-state index in [0.717, 1.165) is 18.4 Å². The number of rotatable bonds is 4. The fourth-order valence-corrected chi connectivity index (χ4v) is 2.27. The van der Waals surface area contributed by atoms with Crippen LogP contribution in [0.25, 0.3) is 0 Å². The highest BCUT2D eigenvalue weighted by atomic mass is 15.1. The van der Waals surface area contributed by atoms with Gasteiger partial charge < -0.3 is 10.6 Å². The molecule has 0 radical (unpaired) electrons. The highest BCUT2D eigenvalue weighted by Gasteiger charge is 2.25. The van der Waals surface area contributed by atoms with Crippen LogP contribution in [0.3, 0.4) is 0 Å². The Morgan fingerprint density at radius 1 is 1.58 bits per heavy atom. The zero-order valence-corrected chi connectivity index (χ0v) is 8.42. The number of nitrogens with two attached hydrogens (primary N) is 1. The molecule has 0 aromatic rings. The van der Waals surface area contributed by atoms with E-state index in [1.807, 2.05) is 0 Å². The molecule has 1 aliphatic rings. The van der Waals surface area contributed by atoms with Gasteiger partial charge in [-0.3, -0.25) is 0 Å². The highest BCUT2D eigenvalue weighted by molar-refractivity contribution is 4.79. The Balaban J connectivity index is 2.33. The summed E-state index contributed by atoms with van der Waals surface area (Å²) in [4.78, 5) is 2.42. The second kappa shape index (κ2) is 4.83. The van der Waals surface area contributed by atoms with Gasteiger partial charge in [0.2, 0.25) is 0 Å². The zero-order chi connectivity index (χ0) is 8.97.